The van der Waals surface area contributed by atoms with Crippen molar-refractivity contribution < 1.29 is 0 Å². The zero-order chi connectivity index (χ0) is 13.9. The molecule has 5 nitrogen and oxygen atoms in total. The van der Waals surface area contributed by atoms with Crippen molar-refractivity contribution in [2.24, 2.45) is 0 Å². The van der Waals surface area contributed by atoms with Crippen molar-refractivity contribution in [3.8, 4) is 0 Å². The number of hydrogen-bond donors (Lipinski definition) is 1. The van der Waals surface area contributed by atoms with Crippen LogP contribution in [0.4, 0.5) is 0 Å². The monoisotopic (exact) mass is 275 g/mol. The highest BCUT2D eigenvalue weighted by Gasteiger charge is 2.25. The predicted octanol–water partition coefficient (Wildman–Crippen LogP) is 1.04. The molecule has 3 rings (SSSR count). The van der Waals surface area contributed by atoms with E-state index in [2.05, 4.69) is 34.2 Å². The van der Waals surface area contributed by atoms with Gasteiger partial charge in [-0.25, -0.2) is 9.97 Å². The fourth-order valence-electron chi connectivity index (χ4n) is 2.76. The van der Waals surface area contributed by atoms with E-state index in [4.69, 9.17) is 4.98 Å². The SMILES string of the molecule is CN1CCCN(C)C(c2nccc(CNC3CC3)n2)C1. The minimum absolute atomic E-state index is 0.309. The maximum absolute atomic E-state index is 4.78. The van der Waals surface area contributed by atoms with Gasteiger partial charge in [-0.1, -0.05) is 0 Å². The van der Waals surface area contributed by atoms with Crippen molar-refractivity contribution in [1.82, 2.24) is 25.1 Å². The molecule has 5 heteroatoms. The van der Waals surface area contributed by atoms with Crippen LogP contribution in [0.25, 0.3) is 0 Å². The van der Waals surface area contributed by atoms with Gasteiger partial charge in [-0.15, -0.1) is 0 Å². The highest BCUT2D eigenvalue weighted by Crippen LogP contribution is 2.21. The first-order valence-corrected chi connectivity index (χ1v) is 7.66. The van der Waals surface area contributed by atoms with E-state index in [0.29, 0.717) is 6.04 Å². The normalized spacial score (nSPS) is 25.6. The lowest BCUT2D eigenvalue weighted by atomic mass is 10.2. The number of rotatable bonds is 4. The maximum atomic E-state index is 4.78. The third-order valence-electron chi connectivity index (χ3n) is 4.25. The summed E-state index contributed by atoms with van der Waals surface area (Å²) in [6, 6.07) is 3.06. The van der Waals surface area contributed by atoms with Crippen LogP contribution in [0.5, 0.6) is 0 Å². The van der Waals surface area contributed by atoms with E-state index in [1.54, 1.807) is 0 Å². The van der Waals surface area contributed by atoms with Gasteiger partial charge in [0.25, 0.3) is 0 Å². The van der Waals surface area contributed by atoms with Crippen LogP contribution < -0.4 is 5.32 Å². The molecule has 1 saturated carbocycles. The zero-order valence-corrected chi connectivity index (χ0v) is 12.5. The van der Waals surface area contributed by atoms with Crippen molar-refractivity contribution >= 4 is 0 Å². The van der Waals surface area contributed by atoms with Crippen molar-refractivity contribution in [2.75, 3.05) is 33.7 Å². The van der Waals surface area contributed by atoms with Gasteiger partial charge in [0.1, 0.15) is 5.82 Å². The average Bonchev–Trinajstić information content (AvgIpc) is 3.27. The first kappa shape index (κ1) is 13.9. The van der Waals surface area contributed by atoms with E-state index in [9.17, 15) is 0 Å². The van der Waals surface area contributed by atoms with Crippen LogP contribution in [-0.2, 0) is 6.54 Å². The first-order valence-electron chi connectivity index (χ1n) is 7.66. The Labute approximate surface area is 121 Å². The Morgan fingerprint density at radius 2 is 2.15 bits per heavy atom. The Morgan fingerprint density at radius 1 is 1.30 bits per heavy atom. The molecule has 1 N–H and O–H groups in total. The third-order valence-corrected chi connectivity index (χ3v) is 4.25. The van der Waals surface area contributed by atoms with Crippen LogP contribution in [0.1, 0.15) is 36.8 Å². The smallest absolute Gasteiger partial charge is 0.146 e. The molecule has 1 saturated heterocycles. The lowest BCUT2D eigenvalue weighted by molar-refractivity contribution is 0.219. The maximum Gasteiger partial charge on any atom is 0.146 e. The Balaban J connectivity index is 1.71. The second-order valence-electron chi connectivity index (χ2n) is 6.17. The molecule has 1 aromatic rings. The van der Waals surface area contributed by atoms with E-state index < -0.39 is 0 Å². The van der Waals surface area contributed by atoms with Crippen molar-refractivity contribution in [3.63, 3.8) is 0 Å². The molecule has 1 aromatic heterocycles. The standard InChI is InChI=1S/C15H25N5/c1-19-8-3-9-20(2)14(11-19)15-16-7-6-13(18-15)10-17-12-4-5-12/h6-7,12,14,17H,3-5,8-11H2,1-2H3. The molecule has 0 radical (unpaired) electrons. The highest BCUT2D eigenvalue weighted by molar-refractivity contribution is 5.07. The van der Waals surface area contributed by atoms with Crippen molar-refractivity contribution in [2.45, 2.75) is 37.9 Å². The van der Waals surface area contributed by atoms with E-state index in [1.165, 1.54) is 19.3 Å². The van der Waals surface area contributed by atoms with Crippen LogP contribution in [0.15, 0.2) is 12.3 Å². The van der Waals surface area contributed by atoms with Gasteiger partial charge < -0.3 is 10.2 Å². The minimum Gasteiger partial charge on any atom is -0.308 e. The quantitative estimate of drug-likeness (QED) is 0.889. The molecule has 0 aromatic carbocycles. The zero-order valence-electron chi connectivity index (χ0n) is 12.5. The Kier molecular flexibility index (Phi) is 4.29. The molecule has 20 heavy (non-hydrogen) atoms. The number of hydrogen-bond acceptors (Lipinski definition) is 5. The van der Waals surface area contributed by atoms with Crippen LogP contribution in [0.3, 0.4) is 0 Å². The van der Waals surface area contributed by atoms with E-state index in [1.807, 2.05) is 12.3 Å². The largest absolute Gasteiger partial charge is 0.308 e. The minimum atomic E-state index is 0.309. The molecule has 0 spiro atoms. The van der Waals surface area contributed by atoms with Gasteiger partial charge in [0.15, 0.2) is 0 Å². The Morgan fingerprint density at radius 3 is 2.95 bits per heavy atom. The molecular formula is C15H25N5. The summed E-state index contributed by atoms with van der Waals surface area (Å²) >= 11 is 0. The summed E-state index contributed by atoms with van der Waals surface area (Å²) in [6.45, 7) is 4.15. The molecule has 1 aliphatic carbocycles. The van der Waals surface area contributed by atoms with Crippen molar-refractivity contribution in [1.29, 1.82) is 0 Å². The van der Waals surface area contributed by atoms with E-state index in [0.717, 1.165) is 43.7 Å². The topological polar surface area (TPSA) is 44.3 Å². The highest BCUT2D eigenvalue weighted by atomic mass is 15.2. The summed E-state index contributed by atoms with van der Waals surface area (Å²) in [7, 11) is 4.37. The van der Waals surface area contributed by atoms with Gasteiger partial charge in [0.2, 0.25) is 0 Å². The number of aromatic nitrogens is 2. The number of nitrogens with one attached hydrogen (secondary N) is 1. The van der Waals surface area contributed by atoms with Crippen LogP contribution in [-0.4, -0.2) is 59.5 Å². The van der Waals surface area contributed by atoms with Gasteiger partial charge in [-0.3, -0.25) is 4.90 Å². The molecular weight excluding hydrogens is 250 g/mol. The molecule has 0 amide bonds. The summed E-state index contributed by atoms with van der Waals surface area (Å²) in [5.74, 6) is 0.969. The molecule has 1 aliphatic heterocycles. The summed E-state index contributed by atoms with van der Waals surface area (Å²) in [5, 5.41) is 3.52. The Bertz CT molecular complexity index is 446. The Hall–Kier alpha value is -1.04. The molecule has 1 unspecified atom stereocenters. The molecule has 110 valence electrons. The van der Waals surface area contributed by atoms with Gasteiger partial charge in [0, 0.05) is 25.3 Å². The molecule has 1 atom stereocenters. The fourth-order valence-corrected chi connectivity index (χ4v) is 2.76. The van der Waals surface area contributed by atoms with Crippen LogP contribution in [0, 0.1) is 0 Å². The van der Waals surface area contributed by atoms with Gasteiger partial charge >= 0.3 is 0 Å². The molecule has 2 aliphatic rings. The lowest BCUT2D eigenvalue weighted by Crippen LogP contribution is -2.32. The molecule has 0 bridgehead atoms. The third kappa shape index (κ3) is 3.53. The number of likely N-dealkylation sites (N-methyl/N-ethyl adjacent to an activating group) is 2. The number of nitrogens with zero attached hydrogens (tertiary/aromatic N) is 4. The van der Waals surface area contributed by atoms with E-state index in [-0.39, 0.29) is 0 Å². The second kappa shape index (κ2) is 6.16. The molecule has 2 heterocycles. The van der Waals surface area contributed by atoms with Crippen LogP contribution >= 0.6 is 0 Å². The average molecular weight is 275 g/mol. The summed E-state index contributed by atoms with van der Waals surface area (Å²) < 4.78 is 0. The van der Waals surface area contributed by atoms with Crippen molar-refractivity contribution in [3.05, 3.63) is 23.8 Å². The van der Waals surface area contributed by atoms with Gasteiger partial charge in [-0.05, 0) is 52.5 Å². The second-order valence-corrected chi connectivity index (χ2v) is 6.17. The van der Waals surface area contributed by atoms with E-state index >= 15 is 0 Å². The van der Waals surface area contributed by atoms with Gasteiger partial charge in [-0.2, -0.15) is 0 Å². The summed E-state index contributed by atoms with van der Waals surface area (Å²) in [6.07, 6.45) is 5.75. The summed E-state index contributed by atoms with van der Waals surface area (Å²) in [4.78, 5) is 14.1. The molecule has 2 fully saturated rings. The fraction of sp³-hybridized carbons (Fsp3) is 0.733. The van der Waals surface area contributed by atoms with Gasteiger partial charge in [0.05, 0.1) is 11.7 Å². The predicted molar refractivity (Wildman–Crippen MR) is 79.4 cm³/mol. The lowest BCUT2D eigenvalue weighted by Gasteiger charge is -2.26. The first-order chi connectivity index (χ1) is 9.72. The summed E-state index contributed by atoms with van der Waals surface area (Å²) in [5.41, 5.74) is 1.11. The van der Waals surface area contributed by atoms with Crippen LogP contribution in [0.2, 0.25) is 0 Å².